The summed E-state index contributed by atoms with van der Waals surface area (Å²) < 4.78 is 1.66. The lowest BCUT2D eigenvalue weighted by molar-refractivity contribution is 0.0946. The SMILES string of the molecule is CC(C)[C@@H]1CC[C@@H](C)c2c1nn(C(=O)c1ccccc1)c2-c1ccccc1. The third-order valence-electron chi connectivity index (χ3n) is 5.77. The van der Waals surface area contributed by atoms with E-state index in [-0.39, 0.29) is 5.91 Å². The molecule has 1 heterocycles. The fourth-order valence-corrected chi connectivity index (χ4v) is 4.29. The highest BCUT2D eigenvalue weighted by atomic mass is 16.2. The Morgan fingerprint density at radius 1 is 1.00 bits per heavy atom. The number of hydrogen-bond donors (Lipinski definition) is 0. The average molecular weight is 358 g/mol. The number of hydrogen-bond acceptors (Lipinski definition) is 2. The van der Waals surface area contributed by atoms with E-state index < -0.39 is 0 Å². The van der Waals surface area contributed by atoms with Crippen molar-refractivity contribution in [3.05, 3.63) is 77.5 Å². The van der Waals surface area contributed by atoms with Gasteiger partial charge in [-0.25, -0.2) is 0 Å². The first-order valence-electron chi connectivity index (χ1n) is 9.86. The van der Waals surface area contributed by atoms with Crippen molar-refractivity contribution in [2.75, 3.05) is 0 Å². The maximum Gasteiger partial charge on any atom is 0.278 e. The highest BCUT2D eigenvalue weighted by molar-refractivity contribution is 5.98. The molecule has 3 aromatic rings. The van der Waals surface area contributed by atoms with Crippen molar-refractivity contribution >= 4 is 5.91 Å². The molecule has 0 amide bonds. The smallest absolute Gasteiger partial charge is 0.267 e. The number of carbonyl (C=O) groups is 1. The number of fused-ring (bicyclic) bond motifs is 1. The summed E-state index contributed by atoms with van der Waals surface area (Å²) in [6.07, 6.45) is 2.28. The molecule has 3 nitrogen and oxygen atoms in total. The molecule has 138 valence electrons. The van der Waals surface area contributed by atoms with Gasteiger partial charge in [0.2, 0.25) is 0 Å². The topological polar surface area (TPSA) is 34.9 Å². The summed E-state index contributed by atoms with van der Waals surface area (Å²) in [6, 6.07) is 19.7. The lowest BCUT2D eigenvalue weighted by atomic mass is 9.75. The molecule has 0 fully saturated rings. The molecule has 0 saturated heterocycles. The molecule has 0 spiro atoms. The van der Waals surface area contributed by atoms with Crippen LogP contribution in [0.2, 0.25) is 0 Å². The Labute approximate surface area is 161 Å². The van der Waals surface area contributed by atoms with Crippen molar-refractivity contribution in [3.63, 3.8) is 0 Å². The van der Waals surface area contributed by atoms with Crippen LogP contribution in [-0.4, -0.2) is 15.7 Å². The van der Waals surface area contributed by atoms with E-state index in [0.717, 1.165) is 29.8 Å². The Bertz CT molecular complexity index is 941. The van der Waals surface area contributed by atoms with Crippen LogP contribution >= 0.6 is 0 Å². The van der Waals surface area contributed by atoms with E-state index in [2.05, 4.69) is 32.9 Å². The molecule has 0 radical (unpaired) electrons. The number of rotatable bonds is 3. The van der Waals surface area contributed by atoms with Gasteiger partial charge in [-0.05, 0) is 36.8 Å². The van der Waals surface area contributed by atoms with Crippen LogP contribution in [0.3, 0.4) is 0 Å². The van der Waals surface area contributed by atoms with E-state index in [0.29, 0.717) is 23.3 Å². The molecule has 0 aliphatic heterocycles. The lowest BCUT2D eigenvalue weighted by Gasteiger charge is -2.28. The van der Waals surface area contributed by atoms with Crippen LogP contribution < -0.4 is 0 Å². The van der Waals surface area contributed by atoms with Crippen LogP contribution in [0.5, 0.6) is 0 Å². The third kappa shape index (κ3) is 3.12. The number of carbonyl (C=O) groups excluding carboxylic acids is 1. The molecule has 3 heteroatoms. The van der Waals surface area contributed by atoms with E-state index >= 15 is 0 Å². The molecule has 4 rings (SSSR count). The van der Waals surface area contributed by atoms with Gasteiger partial charge in [-0.1, -0.05) is 69.3 Å². The first kappa shape index (κ1) is 17.7. The molecule has 0 unspecified atom stereocenters. The van der Waals surface area contributed by atoms with Crippen molar-refractivity contribution in [1.82, 2.24) is 9.78 Å². The van der Waals surface area contributed by atoms with Crippen LogP contribution in [0.4, 0.5) is 0 Å². The molecule has 2 aromatic carbocycles. The van der Waals surface area contributed by atoms with Crippen LogP contribution in [0.25, 0.3) is 11.3 Å². The first-order chi connectivity index (χ1) is 13.1. The largest absolute Gasteiger partial charge is 0.278 e. The van der Waals surface area contributed by atoms with Crippen LogP contribution in [0.1, 0.15) is 67.1 Å². The van der Waals surface area contributed by atoms with Gasteiger partial charge in [0.25, 0.3) is 5.91 Å². The minimum Gasteiger partial charge on any atom is -0.267 e. The monoisotopic (exact) mass is 358 g/mol. The van der Waals surface area contributed by atoms with Gasteiger partial charge < -0.3 is 0 Å². The molecule has 2 atom stereocenters. The fraction of sp³-hybridized carbons (Fsp3) is 0.333. The maximum atomic E-state index is 13.3. The number of aromatic nitrogens is 2. The Balaban J connectivity index is 1.96. The minimum atomic E-state index is -0.0569. The van der Waals surface area contributed by atoms with Gasteiger partial charge in [-0.2, -0.15) is 9.78 Å². The second-order valence-electron chi connectivity index (χ2n) is 7.93. The summed E-state index contributed by atoms with van der Waals surface area (Å²) in [5, 5.41) is 4.92. The van der Waals surface area contributed by atoms with Crippen molar-refractivity contribution < 1.29 is 4.79 Å². The first-order valence-corrected chi connectivity index (χ1v) is 9.86. The van der Waals surface area contributed by atoms with Crippen molar-refractivity contribution in [2.45, 2.75) is 45.4 Å². The molecule has 27 heavy (non-hydrogen) atoms. The molecule has 1 aromatic heterocycles. The Morgan fingerprint density at radius 3 is 2.26 bits per heavy atom. The average Bonchev–Trinajstić information content (AvgIpc) is 3.10. The highest BCUT2D eigenvalue weighted by Crippen LogP contribution is 2.46. The quantitative estimate of drug-likeness (QED) is 0.586. The molecule has 1 aliphatic rings. The maximum absolute atomic E-state index is 13.3. The Hall–Kier alpha value is -2.68. The zero-order valence-electron chi connectivity index (χ0n) is 16.2. The van der Waals surface area contributed by atoms with Gasteiger partial charge in [0.1, 0.15) is 0 Å². The number of nitrogens with zero attached hydrogens (tertiary/aromatic N) is 2. The summed E-state index contributed by atoms with van der Waals surface area (Å²) in [7, 11) is 0. The normalized spacial score (nSPS) is 19.1. The van der Waals surface area contributed by atoms with Crippen molar-refractivity contribution in [3.8, 4) is 11.3 Å². The van der Waals surface area contributed by atoms with Crippen LogP contribution in [0, 0.1) is 5.92 Å². The van der Waals surface area contributed by atoms with Gasteiger partial charge in [0.15, 0.2) is 0 Å². The predicted octanol–water partition coefficient (Wildman–Crippen LogP) is 5.88. The molecular formula is C24H26N2O. The van der Waals surface area contributed by atoms with E-state index in [1.54, 1.807) is 4.68 Å². The minimum absolute atomic E-state index is 0.0569. The van der Waals surface area contributed by atoms with Crippen molar-refractivity contribution in [2.24, 2.45) is 5.92 Å². The summed E-state index contributed by atoms with van der Waals surface area (Å²) in [5.41, 5.74) is 5.08. The Morgan fingerprint density at radius 2 is 1.63 bits per heavy atom. The molecule has 0 saturated carbocycles. The standard InChI is InChI=1S/C24H26N2O/c1-16(2)20-15-14-17(3)21-22(20)25-26(23(21)18-10-6-4-7-11-18)24(27)19-12-8-5-9-13-19/h4-13,16-17,20H,14-15H2,1-3H3/t17-,20+/m1/s1. The fourth-order valence-electron chi connectivity index (χ4n) is 4.29. The zero-order chi connectivity index (χ0) is 19.0. The summed E-state index contributed by atoms with van der Waals surface area (Å²) in [5.74, 6) is 1.26. The molecule has 0 bridgehead atoms. The van der Waals surface area contributed by atoms with E-state index in [1.807, 2.05) is 48.5 Å². The summed E-state index contributed by atoms with van der Waals surface area (Å²) in [4.78, 5) is 13.3. The third-order valence-corrected chi connectivity index (χ3v) is 5.77. The van der Waals surface area contributed by atoms with Gasteiger partial charge in [-0.15, -0.1) is 0 Å². The molecular weight excluding hydrogens is 332 g/mol. The summed E-state index contributed by atoms with van der Waals surface area (Å²) in [6.45, 7) is 6.77. The van der Waals surface area contributed by atoms with E-state index in [9.17, 15) is 4.79 Å². The van der Waals surface area contributed by atoms with Gasteiger partial charge in [0, 0.05) is 22.6 Å². The van der Waals surface area contributed by atoms with Crippen LogP contribution in [-0.2, 0) is 0 Å². The Kier molecular flexibility index (Phi) is 4.69. The van der Waals surface area contributed by atoms with E-state index in [1.165, 1.54) is 5.56 Å². The predicted molar refractivity (Wildman–Crippen MR) is 109 cm³/mol. The molecule has 1 aliphatic carbocycles. The highest BCUT2D eigenvalue weighted by Gasteiger charge is 2.35. The molecule has 0 N–H and O–H groups in total. The second kappa shape index (κ2) is 7.15. The van der Waals surface area contributed by atoms with Gasteiger partial charge in [0.05, 0.1) is 11.4 Å². The second-order valence-corrected chi connectivity index (χ2v) is 7.93. The zero-order valence-corrected chi connectivity index (χ0v) is 16.2. The van der Waals surface area contributed by atoms with Crippen LogP contribution in [0.15, 0.2) is 60.7 Å². The van der Waals surface area contributed by atoms with Gasteiger partial charge in [-0.3, -0.25) is 4.79 Å². The number of benzene rings is 2. The lowest BCUT2D eigenvalue weighted by Crippen LogP contribution is -2.17. The van der Waals surface area contributed by atoms with Gasteiger partial charge >= 0.3 is 0 Å². The van der Waals surface area contributed by atoms with E-state index in [4.69, 9.17) is 5.10 Å². The van der Waals surface area contributed by atoms with Crippen molar-refractivity contribution in [1.29, 1.82) is 0 Å². The summed E-state index contributed by atoms with van der Waals surface area (Å²) >= 11 is 0.